The van der Waals surface area contributed by atoms with E-state index in [0.717, 1.165) is 11.5 Å². The monoisotopic (exact) mass is 331 g/mol. The van der Waals surface area contributed by atoms with Crippen LogP contribution in [-0.2, 0) is 5.75 Å². The van der Waals surface area contributed by atoms with Gasteiger partial charge in [-0.3, -0.25) is 4.79 Å². The molecule has 4 nitrogen and oxygen atoms in total. The highest BCUT2D eigenvalue weighted by Crippen LogP contribution is 2.23. The minimum Gasteiger partial charge on any atom is -0.507 e. The molecule has 2 aromatic rings. The Morgan fingerprint density at radius 1 is 1.22 bits per heavy atom. The van der Waals surface area contributed by atoms with Gasteiger partial charge in [0.15, 0.2) is 0 Å². The van der Waals surface area contributed by atoms with Crippen molar-refractivity contribution in [3.63, 3.8) is 0 Å². The van der Waals surface area contributed by atoms with Gasteiger partial charge in [-0.2, -0.15) is 11.8 Å². The van der Waals surface area contributed by atoms with Crippen LogP contribution < -0.4 is 10.1 Å². The third kappa shape index (κ3) is 5.21. The van der Waals surface area contributed by atoms with Gasteiger partial charge in [-0.05, 0) is 24.6 Å². The molecular formula is C18H21NO3S. The Bertz CT molecular complexity index is 656. The molecule has 5 heteroatoms. The van der Waals surface area contributed by atoms with Gasteiger partial charge in [-0.1, -0.05) is 29.8 Å². The standard InChI is InChI=1S/C18H21NO3S/c1-13-3-5-14(6-4-13)12-23-10-9-19-18(21)16-8-7-15(22-2)11-17(16)20/h3-8,11,20H,9-10,12H2,1-2H3,(H,19,21). The minimum atomic E-state index is -0.277. The van der Waals surface area contributed by atoms with Gasteiger partial charge in [-0.25, -0.2) is 0 Å². The van der Waals surface area contributed by atoms with Crippen molar-refractivity contribution in [2.75, 3.05) is 19.4 Å². The number of hydrogen-bond donors (Lipinski definition) is 2. The van der Waals surface area contributed by atoms with Crippen LogP contribution in [0.15, 0.2) is 42.5 Å². The van der Waals surface area contributed by atoms with Crippen LogP contribution in [0.25, 0.3) is 0 Å². The zero-order valence-corrected chi connectivity index (χ0v) is 14.2. The molecule has 0 fully saturated rings. The molecule has 1 amide bonds. The van der Waals surface area contributed by atoms with Crippen LogP contribution in [0.5, 0.6) is 11.5 Å². The summed E-state index contributed by atoms with van der Waals surface area (Å²) in [6.45, 7) is 2.63. The first kappa shape index (κ1) is 17.2. The SMILES string of the molecule is COc1ccc(C(=O)NCCSCc2ccc(C)cc2)c(O)c1. The maximum Gasteiger partial charge on any atom is 0.255 e. The zero-order chi connectivity index (χ0) is 16.7. The fourth-order valence-electron chi connectivity index (χ4n) is 2.04. The van der Waals surface area contributed by atoms with Crippen molar-refractivity contribution < 1.29 is 14.6 Å². The Kier molecular flexibility index (Phi) is 6.35. The normalized spacial score (nSPS) is 10.3. The van der Waals surface area contributed by atoms with E-state index in [1.165, 1.54) is 24.3 Å². The summed E-state index contributed by atoms with van der Waals surface area (Å²) >= 11 is 1.76. The van der Waals surface area contributed by atoms with E-state index in [4.69, 9.17) is 4.74 Å². The number of amides is 1. The number of ether oxygens (including phenoxy) is 1. The van der Waals surface area contributed by atoms with E-state index in [-0.39, 0.29) is 17.2 Å². The third-order valence-corrected chi connectivity index (χ3v) is 4.40. The average molecular weight is 331 g/mol. The van der Waals surface area contributed by atoms with Crippen molar-refractivity contribution in [2.24, 2.45) is 0 Å². The second-order valence-electron chi connectivity index (χ2n) is 5.18. The second-order valence-corrected chi connectivity index (χ2v) is 6.28. The molecule has 0 spiro atoms. The van der Waals surface area contributed by atoms with Crippen molar-refractivity contribution in [3.8, 4) is 11.5 Å². The number of aromatic hydroxyl groups is 1. The molecule has 0 heterocycles. The van der Waals surface area contributed by atoms with Gasteiger partial charge in [-0.15, -0.1) is 0 Å². The van der Waals surface area contributed by atoms with Gasteiger partial charge in [0.1, 0.15) is 11.5 Å². The summed E-state index contributed by atoms with van der Waals surface area (Å²) in [5.74, 6) is 1.91. The minimum absolute atomic E-state index is 0.0749. The van der Waals surface area contributed by atoms with Crippen LogP contribution in [0.2, 0.25) is 0 Å². The molecular weight excluding hydrogens is 310 g/mol. The smallest absolute Gasteiger partial charge is 0.255 e. The lowest BCUT2D eigenvalue weighted by Crippen LogP contribution is -2.25. The molecule has 0 aliphatic rings. The van der Waals surface area contributed by atoms with E-state index in [2.05, 4.69) is 36.5 Å². The highest BCUT2D eigenvalue weighted by molar-refractivity contribution is 7.98. The van der Waals surface area contributed by atoms with E-state index >= 15 is 0 Å². The van der Waals surface area contributed by atoms with Crippen LogP contribution in [0, 0.1) is 6.92 Å². The van der Waals surface area contributed by atoms with E-state index in [1.807, 2.05) is 0 Å². The van der Waals surface area contributed by atoms with E-state index < -0.39 is 0 Å². The Hall–Kier alpha value is -2.14. The third-order valence-electron chi connectivity index (χ3n) is 3.37. The molecule has 0 saturated carbocycles. The fourth-order valence-corrected chi connectivity index (χ4v) is 2.86. The summed E-state index contributed by atoms with van der Waals surface area (Å²) in [6.07, 6.45) is 0. The van der Waals surface area contributed by atoms with Gasteiger partial charge in [0.2, 0.25) is 0 Å². The molecule has 122 valence electrons. The summed E-state index contributed by atoms with van der Waals surface area (Å²) < 4.78 is 5.00. The molecule has 0 aliphatic heterocycles. The van der Waals surface area contributed by atoms with Crippen LogP contribution in [0.1, 0.15) is 21.5 Å². The zero-order valence-electron chi connectivity index (χ0n) is 13.3. The molecule has 0 aliphatic carbocycles. The van der Waals surface area contributed by atoms with Gasteiger partial charge < -0.3 is 15.2 Å². The number of methoxy groups -OCH3 is 1. The van der Waals surface area contributed by atoms with Crippen LogP contribution in [0.3, 0.4) is 0 Å². The Labute approximate surface area is 140 Å². The highest BCUT2D eigenvalue weighted by atomic mass is 32.2. The molecule has 0 unspecified atom stereocenters. The fraction of sp³-hybridized carbons (Fsp3) is 0.278. The Morgan fingerprint density at radius 2 is 1.96 bits per heavy atom. The van der Waals surface area contributed by atoms with Crippen LogP contribution in [0.4, 0.5) is 0 Å². The molecule has 0 aromatic heterocycles. The molecule has 0 radical (unpaired) electrons. The van der Waals surface area contributed by atoms with Crippen molar-refractivity contribution in [2.45, 2.75) is 12.7 Å². The molecule has 0 atom stereocenters. The lowest BCUT2D eigenvalue weighted by atomic mass is 10.2. The largest absolute Gasteiger partial charge is 0.507 e. The maximum atomic E-state index is 12.0. The summed E-state index contributed by atoms with van der Waals surface area (Å²) in [4.78, 5) is 12.0. The average Bonchev–Trinajstić information content (AvgIpc) is 2.55. The number of hydrogen-bond acceptors (Lipinski definition) is 4. The van der Waals surface area contributed by atoms with E-state index in [9.17, 15) is 9.90 Å². The topological polar surface area (TPSA) is 58.6 Å². The molecule has 2 aromatic carbocycles. The number of nitrogens with one attached hydrogen (secondary N) is 1. The number of benzene rings is 2. The van der Waals surface area contributed by atoms with Crippen molar-refractivity contribution in [1.29, 1.82) is 0 Å². The predicted molar refractivity (Wildman–Crippen MR) is 94.3 cm³/mol. The number of rotatable bonds is 7. The quantitative estimate of drug-likeness (QED) is 0.764. The lowest BCUT2D eigenvalue weighted by molar-refractivity contribution is 0.0953. The maximum absolute atomic E-state index is 12.0. The summed E-state index contributed by atoms with van der Waals surface area (Å²) in [5.41, 5.74) is 2.79. The first-order valence-corrected chi connectivity index (χ1v) is 8.54. The molecule has 0 saturated heterocycles. The van der Waals surface area contributed by atoms with Crippen molar-refractivity contribution in [3.05, 3.63) is 59.2 Å². The van der Waals surface area contributed by atoms with Crippen LogP contribution in [-0.4, -0.2) is 30.4 Å². The number of carbonyl (C=O) groups is 1. The van der Waals surface area contributed by atoms with Gasteiger partial charge in [0.25, 0.3) is 5.91 Å². The second kappa shape index (κ2) is 8.48. The number of thioether (sulfide) groups is 1. The molecule has 2 rings (SSSR count). The van der Waals surface area contributed by atoms with E-state index in [1.54, 1.807) is 23.9 Å². The summed E-state index contributed by atoms with van der Waals surface area (Å²) in [7, 11) is 1.51. The Morgan fingerprint density at radius 3 is 2.61 bits per heavy atom. The Balaban J connectivity index is 1.73. The molecule has 0 bridgehead atoms. The molecule has 2 N–H and O–H groups in total. The van der Waals surface area contributed by atoms with Gasteiger partial charge in [0, 0.05) is 24.1 Å². The first-order valence-electron chi connectivity index (χ1n) is 7.38. The number of phenolic OH excluding ortho intramolecular Hbond substituents is 1. The molecule has 23 heavy (non-hydrogen) atoms. The summed E-state index contributed by atoms with van der Waals surface area (Å²) in [5, 5.41) is 12.6. The van der Waals surface area contributed by atoms with Crippen LogP contribution >= 0.6 is 11.8 Å². The number of carbonyl (C=O) groups excluding carboxylic acids is 1. The number of phenols is 1. The van der Waals surface area contributed by atoms with Gasteiger partial charge >= 0.3 is 0 Å². The highest BCUT2D eigenvalue weighted by Gasteiger charge is 2.11. The van der Waals surface area contributed by atoms with Crippen molar-refractivity contribution in [1.82, 2.24) is 5.32 Å². The predicted octanol–water partition coefficient (Wildman–Crippen LogP) is 3.37. The number of aryl methyl sites for hydroxylation is 1. The first-order chi connectivity index (χ1) is 11.1. The van der Waals surface area contributed by atoms with Crippen molar-refractivity contribution >= 4 is 17.7 Å². The summed E-state index contributed by atoms with van der Waals surface area (Å²) in [6, 6.07) is 13.1. The lowest BCUT2D eigenvalue weighted by Gasteiger charge is -2.08. The van der Waals surface area contributed by atoms with E-state index in [0.29, 0.717) is 12.3 Å². The van der Waals surface area contributed by atoms with Gasteiger partial charge in [0.05, 0.1) is 12.7 Å².